The minimum Gasteiger partial charge on any atom is -0.427 e. The van der Waals surface area contributed by atoms with Crippen molar-refractivity contribution in [3.8, 4) is 5.75 Å². The molecule has 0 saturated heterocycles. The fraction of sp³-hybridized carbons (Fsp3) is 0.273. The molecule has 1 aliphatic rings. The molecule has 1 aliphatic carbocycles. The predicted octanol–water partition coefficient (Wildman–Crippen LogP) is 1.74. The number of ether oxygens (including phenoxy) is 1. The van der Waals surface area contributed by atoms with E-state index in [1.165, 1.54) is 6.92 Å². The van der Waals surface area contributed by atoms with Crippen molar-refractivity contribution >= 4 is 11.8 Å². The van der Waals surface area contributed by atoms with Crippen LogP contribution in [0.4, 0.5) is 0 Å². The van der Waals surface area contributed by atoms with E-state index in [1.807, 2.05) is 6.07 Å². The zero-order chi connectivity index (χ0) is 10.1. The molecule has 3 nitrogen and oxygen atoms in total. The standard InChI is InChI=1S/C11H10O3/c1-7(12)14-9-4-2-8-3-5-11(13)10(8)6-9/h2,4,6H,3,5H2,1H3. The van der Waals surface area contributed by atoms with Crippen molar-refractivity contribution in [3.05, 3.63) is 29.3 Å². The van der Waals surface area contributed by atoms with Gasteiger partial charge in [0.05, 0.1) is 0 Å². The summed E-state index contributed by atoms with van der Waals surface area (Å²) in [4.78, 5) is 22.1. The van der Waals surface area contributed by atoms with Gasteiger partial charge >= 0.3 is 5.97 Å². The van der Waals surface area contributed by atoms with Crippen LogP contribution in [0, 0.1) is 0 Å². The molecule has 0 saturated carbocycles. The molecule has 1 aromatic carbocycles. The molecular weight excluding hydrogens is 180 g/mol. The maximum atomic E-state index is 11.4. The van der Waals surface area contributed by atoms with E-state index in [-0.39, 0.29) is 11.8 Å². The van der Waals surface area contributed by atoms with Crippen LogP contribution in [0.15, 0.2) is 18.2 Å². The predicted molar refractivity (Wildman–Crippen MR) is 50.4 cm³/mol. The number of ketones is 1. The van der Waals surface area contributed by atoms with Gasteiger partial charge in [-0.25, -0.2) is 0 Å². The van der Waals surface area contributed by atoms with E-state index in [1.54, 1.807) is 12.1 Å². The fourth-order valence-corrected chi connectivity index (χ4v) is 1.65. The van der Waals surface area contributed by atoms with Crippen LogP contribution in [0.2, 0.25) is 0 Å². The molecule has 3 heteroatoms. The number of hydrogen-bond acceptors (Lipinski definition) is 3. The first-order valence-corrected chi connectivity index (χ1v) is 4.51. The fourth-order valence-electron chi connectivity index (χ4n) is 1.65. The molecule has 72 valence electrons. The molecule has 0 spiro atoms. The smallest absolute Gasteiger partial charge is 0.308 e. The summed E-state index contributed by atoms with van der Waals surface area (Å²) < 4.78 is 4.90. The second kappa shape index (κ2) is 3.25. The molecule has 0 aliphatic heterocycles. The highest BCUT2D eigenvalue weighted by atomic mass is 16.5. The Hall–Kier alpha value is -1.64. The molecule has 0 bridgehead atoms. The maximum Gasteiger partial charge on any atom is 0.308 e. The zero-order valence-corrected chi connectivity index (χ0v) is 7.87. The highest BCUT2D eigenvalue weighted by Crippen LogP contribution is 2.26. The molecule has 0 radical (unpaired) electrons. The number of benzene rings is 1. The molecule has 14 heavy (non-hydrogen) atoms. The average Bonchev–Trinajstić information content (AvgIpc) is 2.47. The molecule has 0 heterocycles. The molecule has 0 unspecified atom stereocenters. The number of hydrogen-bond donors (Lipinski definition) is 0. The van der Waals surface area contributed by atoms with Gasteiger partial charge in [0.1, 0.15) is 5.75 Å². The van der Waals surface area contributed by atoms with E-state index < -0.39 is 0 Å². The van der Waals surface area contributed by atoms with Gasteiger partial charge in [-0.3, -0.25) is 9.59 Å². The third-order valence-electron chi connectivity index (χ3n) is 2.26. The summed E-state index contributed by atoms with van der Waals surface area (Å²) in [5, 5.41) is 0. The summed E-state index contributed by atoms with van der Waals surface area (Å²) in [6.07, 6.45) is 1.37. The Morgan fingerprint density at radius 3 is 2.86 bits per heavy atom. The number of carbonyl (C=O) groups is 2. The van der Waals surface area contributed by atoms with Gasteiger partial charge in [0, 0.05) is 18.9 Å². The van der Waals surface area contributed by atoms with Crippen LogP contribution < -0.4 is 4.74 Å². The summed E-state index contributed by atoms with van der Waals surface area (Å²) in [5.74, 6) is 0.218. The quantitative estimate of drug-likeness (QED) is 0.500. The Balaban J connectivity index is 2.35. The molecule has 0 amide bonds. The first kappa shape index (κ1) is 8.94. The zero-order valence-electron chi connectivity index (χ0n) is 7.87. The number of carbonyl (C=O) groups excluding carboxylic acids is 2. The Kier molecular flexibility index (Phi) is 2.08. The van der Waals surface area contributed by atoms with E-state index in [0.717, 1.165) is 12.0 Å². The number of rotatable bonds is 1. The largest absolute Gasteiger partial charge is 0.427 e. The van der Waals surface area contributed by atoms with Crippen LogP contribution in [0.3, 0.4) is 0 Å². The highest BCUT2D eigenvalue weighted by Gasteiger charge is 2.19. The van der Waals surface area contributed by atoms with E-state index in [9.17, 15) is 9.59 Å². The molecule has 0 fully saturated rings. The topological polar surface area (TPSA) is 43.4 Å². The highest BCUT2D eigenvalue weighted by molar-refractivity contribution is 6.00. The summed E-state index contributed by atoms with van der Waals surface area (Å²) in [5.41, 5.74) is 1.75. The van der Waals surface area contributed by atoms with E-state index >= 15 is 0 Å². The Bertz CT molecular complexity index is 407. The van der Waals surface area contributed by atoms with Crippen molar-refractivity contribution in [2.75, 3.05) is 0 Å². The lowest BCUT2D eigenvalue weighted by Gasteiger charge is -2.02. The van der Waals surface area contributed by atoms with Crippen LogP contribution in [0.5, 0.6) is 5.75 Å². The summed E-state index contributed by atoms with van der Waals surface area (Å²) >= 11 is 0. The molecule has 0 aromatic heterocycles. The van der Waals surface area contributed by atoms with Gasteiger partial charge in [-0.15, -0.1) is 0 Å². The normalized spacial score (nSPS) is 13.9. The van der Waals surface area contributed by atoms with Gasteiger partial charge in [0.15, 0.2) is 5.78 Å². The number of fused-ring (bicyclic) bond motifs is 1. The molecule has 2 rings (SSSR count). The van der Waals surface area contributed by atoms with E-state index in [4.69, 9.17) is 4.74 Å². The number of aryl methyl sites for hydroxylation is 1. The lowest BCUT2D eigenvalue weighted by atomic mass is 10.1. The minimum absolute atomic E-state index is 0.133. The first-order valence-electron chi connectivity index (χ1n) is 4.51. The second-order valence-corrected chi connectivity index (χ2v) is 3.34. The third-order valence-corrected chi connectivity index (χ3v) is 2.26. The summed E-state index contributed by atoms with van der Waals surface area (Å²) in [6, 6.07) is 5.21. The molecular formula is C11H10O3. The van der Waals surface area contributed by atoms with Crippen LogP contribution in [0.25, 0.3) is 0 Å². The lowest BCUT2D eigenvalue weighted by Crippen LogP contribution is -2.02. The van der Waals surface area contributed by atoms with Crippen LogP contribution in [0.1, 0.15) is 29.3 Å². The van der Waals surface area contributed by atoms with Crippen molar-refractivity contribution in [1.82, 2.24) is 0 Å². The van der Waals surface area contributed by atoms with Gasteiger partial charge < -0.3 is 4.74 Å². The van der Waals surface area contributed by atoms with Crippen LogP contribution >= 0.6 is 0 Å². The van der Waals surface area contributed by atoms with E-state index in [2.05, 4.69) is 0 Å². The van der Waals surface area contributed by atoms with Crippen molar-refractivity contribution in [1.29, 1.82) is 0 Å². The SMILES string of the molecule is CC(=O)Oc1ccc2c(c1)C(=O)CC2. The van der Waals surface area contributed by atoms with Gasteiger partial charge in [-0.2, -0.15) is 0 Å². The van der Waals surface area contributed by atoms with Crippen LogP contribution in [-0.4, -0.2) is 11.8 Å². The van der Waals surface area contributed by atoms with Crippen molar-refractivity contribution < 1.29 is 14.3 Å². The number of Topliss-reactive ketones (excluding diaryl/α,β-unsaturated/α-hetero) is 1. The van der Waals surface area contributed by atoms with Crippen LogP contribution in [-0.2, 0) is 11.2 Å². The summed E-state index contributed by atoms with van der Waals surface area (Å²) in [7, 11) is 0. The third kappa shape index (κ3) is 1.53. The lowest BCUT2D eigenvalue weighted by molar-refractivity contribution is -0.131. The van der Waals surface area contributed by atoms with E-state index in [0.29, 0.717) is 17.7 Å². The molecule has 0 atom stereocenters. The maximum absolute atomic E-state index is 11.4. The van der Waals surface area contributed by atoms with Gasteiger partial charge in [-0.1, -0.05) is 6.07 Å². The minimum atomic E-state index is -0.365. The second-order valence-electron chi connectivity index (χ2n) is 3.34. The van der Waals surface area contributed by atoms with Gasteiger partial charge in [0.2, 0.25) is 0 Å². The Morgan fingerprint density at radius 1 is 1.36 bits per heavy atom. The van der Waals surface area contributed by atoms with Gasteiger partial charge in [-0.05, 0) is 24.1 Å². The monoisotopic (exact) mass is 190 g/mol. The molecule has 1 aromatic rings. The number of esters is 1. The molecule has 0 N–H and O–H groups in total. The van der Waals surface area contributed by atoms with Gasteiger partial charge in [0.25, 0.3) is 0 Å². The average molecular weight is 190 g/mol. The Labute approximate surface area is 81.7 Å². The van der Waals surface area contributed by atoms with Crippen molar-refractivity contribution in [2.45, 2.75) is 19.8 Å². The van der Waals surface area contributed by atoms with Crippen molar-refractivity contribution in [2.24, 2.45) is 0 Å². The van der Waals surface area contributed by atoms with Crippen molar-refractivity contribution in [3.63, 3.8) is 0 Å². The summed E-state index contributed by atoms with van der Waals surface area (Å²) in [6.45, 7) is 1.34. The first-order chi connectivity index (χ1) is 6.66. The Morgan fingerprint density at radius 2 is 2.14 bits per heavy atom.